The van der Waals surface area contributed by atoms with Crippen LogP contribution in [0.1, 0.15) is 26.7 Å². The summed E-state index contributed by atoms with van der Waals surface area (Å²) >= 11 is 1.39. The number of aliphatic hydroxyl groups excluding tert-OH is 1. The highest BCUT2D eigenvalue weighted by Crippen LogP contribution is 2.07. The van der Waals surface area contributed by atoms with E-state index in [0.717, 1.165) is 0 Å². The molecule has 12 nitrogen and oxygen atoms in total. The van der Waals surface area contributed by atoms with Crippen molar-refractivity contribution in [2.75, 3.05) is 18.6 Å². The number of nitrogens with one attached hydrogen (secondary N) is 3. The van der Waals surface area contributed by atoms with Gasteiger partial charge in [0, 0.05) is 0 Å². The van der Waals surface area contributed by atoms with Crippen LogP contribution < -0.4 is 21.7 Å². The summed E-state index contributed by atoms with van der Waals surface area (Å²) in [7, 11) is 0. The highest BCUT2D eigenvalue weighted by Gasteiger charge is 2.32. The molecule has 0 aromatic heterocycles. The molecule has 0 saturated carbocycles. The maximum Gasteiger partial charge on any atom is 0.326 e. The van der Waals surface area contributed by atoms with Crippen LogP contribution in [0.25, 0.3) is 0 Å². The van der Waals surface area contributed by atoms with Crippen LogP contribution in [0, 0.1) is 5.92 Å². The number of aliphatic hydroxyl groups is 1. The summed E-state index contributed by atoms with van der Waals surface area (Å²) in [5, 5.41) is 33.9. The van der Waals surface area contributed by atoms with E-state index in [1.165, 1.54) is 11.8 Å². The molecule has 0 saturated heterocycles. The second-order valence-electron chi connectivity index (χ2n) is 6.86. The van der Waals surface area contributed by atoms with Crippen molar-refractivity contribution < 1.29 is 39.3 Å². The van der Waals surface area contributed by atoms with Gasteiger partial charge >= 0.3 is 11.9 Å². The standard InChI is InChI=1S/C17H30N4O8S/c1-8(2)13(21-14(25)9(18)7-22)16(27)19-10(4-5-30-3)15(26)20-11(17(28)29)6-12(23)24/h8-11,13,22H,4-7,18H2,1-3H3,(H,19,27)(H,20,26)(H,21,25)(H,23,24)(H,28,29). The normalized spacial score (nSPS) is 14.9. The van der Waals surface area contributed by atoms with Crippen molar-refractivity contribution in [2.24, 2.45) is 11.7 Å². The lowest BCUT2D eigenvalue weighted by molar-refractivity contribution is -0.147. The molecule has 0 spiro atoms. The van der Waals surface area contributed by atoms with Gasteiger partial charge in [0.25, 0.3) is 0 Å². The van der Waals surface area contributed by atoms with Gasteiger partial charge in [-0.15, -0.1) is 0 Å². The topological polar surface area (TPSA) is 208 Å². The Balaban J connectivity index is 5.37. The molecule has 4 atom stereocenters. The molecule has 0 heterocycles. The number of carboxylic acids is 2. The van der Waals surface area contributed by atoms with Crippen LogP contribution in [0.2, 0.25) is 0 Å². The number of nitrogens with two attached hydrogens (primary N) is 1. The lowest BCUT2D eigenvalue weighted by Gasteiger charge is -2.26. The van der Waals surface area contributed by atoms with Crippen LogP contribution in [-0.4, -0.2) is 87.8 Å². The smallest absolute Gasteiger partial charge is 0.326 e. The van der Waals surface area contributed by atoms with E-state index in [1.807, 2.05) is 0 Å². The van der Waals surface area contributed by atoms with Gasteiger partial charge in [0.2, 0.25) is 17.7 Å². The molecule has 13 heteroatoms. The van der Waals surface area contributed by atoms with Crippen molar-refractivity contribution in [3.63, 3.8) is 0 Å². The summed E-state index contributed by atoms with van der Waals surface area (Å²) < 4.78 is 0. The van der Waals surface area contributed by atoms with E-state index in [1.54, 1.807) is 20.1 Å². The number of carbonyl (C=O) groups is 5. The molecule has 8 N–H and O–H groups in total. The van der Waals surface area contributed by atoms with Gasteiger partial charge in [-0.05, 0) is 24.3 Å². The molecule has 0 aliphatic rings. The molecule has 0 rings (SSSR count). The van der Waals surface area contributed by atoms with Crippen LogP contribution in [0.3, 0.4) is 0 Å². The maximum atomic E-state index is 12.7. The zero-order valence-electron chi connectivity index (χ0n) is 17.1. The van der Waals surface area contributed by atoms with Gasteiger partial charge in [-0.3, -0.25) is 19.2 Å². The third-order valence-corrected chi connectivity index (χ3v) is 4.66. The van der Waals surface area contributed by atoms with Crippen LogP contribution in [0.5, 0.6) is 0 Å². The highest BCUT2D eigenvalue weighted by atomic mass is 32.2. The summed E-state index contributed by atoms with van der Waals surface area (Å²) in [5.41, 5.74) is 5.44. The minimum absolute atomic E-state index is 0.146. The first-order chi connectivity index (χ1) is 13.9. The largest absolute Gasteiger partial charge is 0.481 e. The number of rotatable bonds is 14. The third-order valence-electron chi connectivity index (χ3n) is 4.02. The Bertz CT molecular complexity index is 631. The monoisotopic (exact) mass is 450 g/mol. The van der Waals surface area contributed by atoms with Crippen molar-refractivity contribution in [1.82, 2.24) is 16.0 Å². The minimum atomic E-state index is -1.66. The Morgan fingerprint density at radius 3 is 1.93 bits per heavy atom. The number of carboxylic acid groups (broad SMARTS) is 2. The molecule has 172 valence electrons. The molecule has 0 aromatic rings. The van der Waals surface area contributed by atoms with Crippen molar-refractivity contribution >= 4 is 41.4 Å². The molecular weight excluding hydrogens is 420 g/mol. The molecule has 0 fully saturated rings. The molecule has 4 unspecified atom stereocenters. The number of thioether (sulfide) groups is 1. The van der Waals surface area contributed by atoms with Gasteiger partial charge in [0.15, 0.2) is 0 Å². The van der Waals surface area contributed by atoms with Gasteiger partial charge in [0.05, 0.1) is 13.0 Å². The Morgan fingerprint density at radius 2 is 1.50 bits per heavy atom. The predicted octanol–water partition coefficient (Wildman–Crippen LogP) is -2.27. The first kappa shape index (κ1) is 27.6. The van der Waals surface area contributed by atoms with Gasteiger partial charge in [-0.25, -0.2) is 4.79 Å². The van der Waals surface area contributed by atoms with Crippen LogP contribution in [-0.2, 0) is 24.0 Å². The van der Waals surface area contributed by atoms with Crippen LogP contribution >= 0.6 is 11.8 Å². The van der Waals surface area contributed by atoms with Crippen LogP contribution in [0.15, 0.2) is 0 Å². The summed E-state index contributed by atoms with van der Waals surface area (Å²) in [4.78, 5) is 59.1. The Kier molecular flexibility index (Phi) is 12.7. The van der Waals surface area contributed by atoms with E-state index >= 15 is 0 Å². The lowest BCUT2D eigenvalue weighted by atomic mass is 10.0. The fourth-order valence-corrected chi connectivity index (χ4v) is 2.76. The highest BCUT2D eigenvalue weighted by molar-refractivity contribution is 7.98. The van der Waals surface area contributed by atoms with E-state index < -0.39 is 66.9 Å². The van der Waals surface area contributed by atoms with E-state index in [2.05, 4.69) is 16.0 Å². The summed E-state index contributed by atoms with van der Waals surface area (Å²) in [5.74, 6) is -5.17. The molecule has 3 amide bonds. The van der Waals surface area contributed by atoms with Crippen LogP contribution in [0.4, 0.5) is 0 Å². The fourth-order valence-electron chi connectivity index (χ4n) is 2.29. The van der Waals surface area contributed by atoms with Crippen molar-refractivity contribution in [2.45, 2.75) is 50.9 Å². The number of aliphatic carboxylic acids is 2. The molecule has 0 aromatic carbocycles. The first-order valence-corrected chi connectivity index (χ1v) is 10.5. The van der Waals surface area contributed by atoms with Crippen molar-refractivity contribution in [1.29, 1.82) is 0 Å². The van der Waals surface area contributed by atoms with Crippen molar-refractivity contribution in [3.8, 4) is 0 Å². The number of hydrogen-bond acceptors (Lipinski definition) is 8. The molecule has 0 aliphatic carbocycles. The number of carbonyl (C=O) groups excluding carboxylic acids is 3. The Morgan fingerprint density at radius 1 is 0.933 bits per heavy atom. The van der Waals surface area contributed by atoms with E-state index in [4.69, 9.17) is 21.1 Å². The number of amides is 3. The summed E-state index contributed by atoms with van der Waals surface area (Å²) in [6, 6.07) is -5.09. The zero-order valence-corrected chi connectivity index (χ0v) is 17.9. The molecular formula is C17H30N4O8S. The summed E-state index contributed by atoms with van der Waals surface area (Å²) in [6.45, 7) is 2.69. The van der Waals surface area contributed by atoms with Gasteiger partial charge < -0.3 is 37.0 Å². The Hall–Kier alpha value is -2.38. The maximum absolute atomic E-state index is 12.7. The quantitative estimate of drug-likeness (QED) is 0.151. The number of hydrogen-bond donors (Lipinski definition) is 7. The predicted molar refractivity (Wildman–Crippen MR) is 109 cm³/mol. The second-order valence-corrected chi connectivity index (χ2v) is 7.84. The zero-order chi connectivity index (χ0) is 23.4. The van der Waals surface area contributed by atoms with Gasteiger partial charge in [0.1, 0.15) is 24.2 Å². The van der Waals surface area contributed by atoms with E-state index in [0.29, 0.717) is 5.75 Å². The Labute approximate surface area is 178 Å². The average molecular weight is 451 g/mol. The average Bonchev–Trinajstić information content (AvgIpc) is 2.66. The fraction of sp³-hybridized carbons (Fsp3) is 0.706. The second kappa shape index (κ2) is 13.8. The van der Waals surface area contributed by atoms with Gasteiger partial charge in [-0.1, -0.05) is 13.8 Å². The van der Waals surface area contributed by atoms with Crippen molar-refractivity contribution in [3.05, 3.63) is 0 Å². The molecule has 0 bridgehead atoms. The molecule has 0 radical (unpaired) electrons. The molecule has 30 heavy (non-hydrogen) atoms. The molecule has 0 aliphatic heterocycles. The third kappa shape index (κ3) is 9.89. The van der Waals surface area contributed by atoms with Gasteiger partial charge in [-0.2, -0.15) is 11.8 Å². The minimum Gasteiger partial charge on any atom is -0.481 e. The SMILES string of the molecule is CSCCC(NC(=O)C(NC(=O)C(N)CO)C(C)C)C(=O)NC(CC(=O)O)C(=O)O. The lowest BCUT2D eigenvalue weighted by Crippen LogP contribution is -2.58. The van der Waals surface area contributed by atoms with E-state index in [9.17, 15) is 24.0 Å². The summed E-state index contributed by atoms with van der Waals surface area (Å²) in [6.07, 6.45) is 1.09. The first-order valence-electron chi connectivity index (χ1n) is 9.15. The van der Waals surface area contributed by atoms with E-state index in [-0.39, 0.29) is 12.3 Å².